The molecule has 1 aromatic heterocycles. The predicted octanol–water partition coefficient (Wildman–Crippen LogP) is 2.76. The molecule has 28 heavy (non-hydrogen) atoms. The summed E-state index contributed by atoms with van der Waals surface area (Å²) in [5.74, 6) is -2.00. The molecule has 3 atom stereocenters. The molecular weight excluding hydrogens is 362 g/mol. The molecule has 152 valence electrons. The van der Waals surface area contributed by atoms with Gasteiger partial charge in [-0.1, -0.05) is 13.0 Å². The number of benzene rings is 1. The second-order valence-electron chi connectivity index (χ2n) is 7.77. The van der Waals surface area contributed by atoms with Gasteiger partial charge in [-0.3, -0.25) is 9.48 Å². The van der Waals surface area contributed by atoms with Crippen LogP contribution in [0.2, 0.25) is 0 Å². The van der Waals surface area contributed by atoms with Crippen LogP contribution in [0.15, 0.2) is 18.2 Å². The quantitative estimate of drug-likeness (QED) is 0.825. The van der Waals surface area contributed by atoms with Crippen LogP contribution in [0.4, 0.5) is 8.78 Å². The molecule has 1 aliphatic rings. The number of aryl methyl sites for hydroxylation is 2. The summed E-state index contributed by atoms with van der Waals surface area (Å²) in [5, 5.41) is 10.8. The SMILES string of the molecule is Cc1nn(C)c(C)c1CC(C)C(=O)NC1CNCCC1c1ccc(F)c(F)c1. The third-order valence-electron chi connectivity index (χ3n) is 5.80. The lowest BCUT2D eigenvalue weighted by atomic mass is 9.85. The second kappa shape index (κ2) is 8.39. The van der Waals surface area contributed by atoms with E-state index in [-0.39, 0.29) is 23.8 Å². The zero-order chi connectivity index (χ0) is 20.4. The third-order valence-corrected chi connectivity index (χ3v) is 5.80. The van der Waals surface area contributed by atoms with Crippen LogP contribution in [0.5, 0.6) is 0 Å². The topological polar surface area (TPSA) is 59.0 Å². The minimum Gasteiger partial charge on any atom is -0.351 e. The molecule has 7 heteroatoms. The molecule has 1 saturated heterocycles. The van der Waals surface area contributed by atoms with Gasteiger partial charge in [0.15, 0.2) is 11.6 Å². The molecule has 2 heterocycles. The van der Waals surface area contributed by atoms with E-state index in [4.69, 9.17) is 0 Å². The van der Waals surface area contributed by atoms with E-state index < -0.39 is 11.6 Å². The predicted molar refractivity (Wildman–Crippen MR) is 104 cm³/mol. The maximum atomic E-state index is 13.7. The molecule has 2 aromatic rings. The Morgan fingerprint density at radius 2 is 2.11 bits per heavy atom. The summed E-state index contributed by atoms with van der Waals surface area (Å²) in [6.07, 6.45) is 1.37. The van der Waals surface area contributed by atoms with Gasteiger partial charge < -0.3 is 10.6 Å². The highest BCUT2D eigenvalue weighted by Gasteiger charge is 2.30. The minimum absolute atomic E-state index is 0.0380. The second-order valence-corrected chi connectivity index (χ2v) is 7.77. The van der Waals surface area contributed by atoms with E-state index in [0.29, 0.717) is 13.0 Å². The number of nitrogens with one attached hydrogen (secondary N) is 2. The largest absolute Gasteiger partial charge is 0.351 e. The Morgan fingerprint density at radius 3 is 2.75 bits per heavy atom. The molecule has 0 bridgehead atoms. The first-order chi connectivity index (χ1) is 13.3. The van der Waals surface area contributed by atoms with E-state index in [9.17, 15) is 13.6 Å². The van der Waals surface area contributed by atoms with Crippen LogP contribution in [-0.2, 0) is 18.3 Å². The number of halogens is 2. The third kappa shape index (κ3) is 4.24. The summed E-state index contributed by atoms with van der Waals surface area (Å²) in [4.78, 5) is 12.8. The van der Waals surface area contributed by atoms with Crippen LogP contribution in [0.3, 0.4) is 0 Å². The Hall–Kier alpha value is -2.28. The molecular formula is C21H28F2N4O. The first kappa shape index (κ1) is 20.5. The van der Waals surface area contributed by atoms with Crippen molar-refractivity contribution < 1.29 is 13.6 Å². The minimum atomic E-state index is -0.853. The van der Waals surface area contributed by atoms with Gasteiger partial charge in [0.05, 0.1) is 5.69 Å². The Balaban J connectivity index is 1.70. The van der Waals surface area contributed by atoms with Gasteiger partial charge in [-0.25, -0.2) is 8.78 Å². The number of carbonyl (C=O) groups excluding carboxylic acids is 1. The van der Waals surface area contributed by atoms with E-state index in [1.807, 2.05) is 32.5 Å². The van der Waals surface area contributed by atoms with Crippen molar-refractivity contribution in [3.05, 3.63) is 52.3 Å². The van der Waals surface area contributed by atoms with Crippen LogP contribution in [0, 0.1) is 31.4 Å². The molecule has 1 amide bonds. The summed E-state index contributed by atoms with van der Waals surface area (Å²) < 4.78 is 28.8. The number of nitrogens with zero attached hydrogens (tertiary/aromatic N) is 2. The Labute approximate surface area is 164 Å². The molecule has 3 rings (SSSR count). The lowest BCUT2D eigenvalue weighted by Crippen LogP contribution is -2.51. The van der Waals surface area contributed by atoms with Gasteiger partial charge in [0.1, 0.15) is 0 Å². The maximum Gasteiger partial charge on any atom is 0.223 e. The van der Waals surface area contributed by atoms with Crippen molar-refractivity contribution >= 4 is 5.91 Å². The maximum absolute atomic E-state index is 13.7. The molecule has 1 aliphatic heterocycles. The number of aromatic nitrogens is 2. The van der Waals surface area contributed by atoms with Gasteiger partial charge in [0.25, 0.3) is 0 Å². The van der Waals surface area contributed by atoms with Gasteiger partial charge in [-0.15, -0.1) is 0 Å². The Kier molecular flexibility index (Phi) is 6.13. The van der Waals surface area contributed by atoms with Gasteiger partial charge in [-0.05, 0) is 56.5 Å². The van der Waals surface area contributed by atoms with Crippen LogP contribution in [-0.4, -0.2) is 34.8 Å². The molecule has 0 radical (unpaired) electrons. The number of carbonyl (C=O) groups is 1. The first-order valence-electron chi connectivity index (χ1n) is 9.73. The van der Waals surface area contributed by atoms with E-state index in [1.165, 1.54) is 6.07 Å². The molecule has 1 aromatic carbocycles. The fourth-order valence-corrected chi connectivity index (χ4v) is 3.99. The van der Waals surface area contributed by atoms with Crippen molar-refractivity contribution in [1.82, 2.24) is 20.4 Å². The lowest BCUT2D eigenvalue weighted by Gasteiger charge is -2.34. The molecule has 5 nitrogen and oxygen atoms in total. The van der Waals surface area contributed by atoms with E-state index in [1.54, 1.807) is 6.07 Å². The summed E-state index contributed by atoms with van der Waals surface area (Å²) in [5.41, 5.74) is 3.83. The van der Waals surface area contributed by atoms with Crippen molar-refractivity contribution in [2.75, 3.05) is 13.1 Å². The zero-order valence-corrected chi connectivity index (χ0v) is 16.9. The highest BCUT2D eigenvalue weighted by atomic mass is 19.2. The number of amides is 1. The Morgan fingerprint density at radius 1 is 1.36 bits per heavy atom. The van der Waals surface area contributed by atoms with Crippen molar-refractivity contribution in [3.63, 3.8) is 0 Å². The van der Waals surface area contributed by atoms with Gasteiger partial charge >= 0.3 is 0 Å². The molecule has 0 saturated carbocycles. The average Bonchev–Trinajstić information content (AvgIpc) is 2.90. The lowest BCUT2D eigenvalue weighted by molar-refractivity contribution is -0.125. The molecule has 1 fully saturated rings. The highest BCUT2D eigenvalue weighted by Crippen LogP contribution is 2.27. The fourth-order valence-electron chi connectivity index (χ4n) is 3.99. The monoisotopic (exact) mass is 390 g/mol. The number of hydrogen-bond acceptors (Lipinski definition) is 3. The first-order valence-corrected chi connectivity index (χ1v) is 9.73. The summed E-state index contributed by atoms with van der Waals surface area (Å²) in [7, 11) is 1.90. The van der Waals surface area contributed by atoms with E-state index in [2.05, 4.69) is 15.7 Å². The summed E-state index contributed by atoms with van der Waals surface area (Å²) >= 11 is 0. The average molecular weight is 390 g/mol. The van der Waals surface area contributed by atoms with Crippen molar-refractivity contribution in [1.29, 1.82) is 0 Å². The van der Waals surface area contributed by atoms with Gasteiger partial charge in [0, 0.05) is 37.2 Å². The molecule has 0 aliphatic carbocycles. The van der Waals surface area contributed by atoms with E-state index in [0.717, 1.165) is 41.5 Å². The van der Waals surface area contributed by atoms with Crippen LogP contribution in [0.25, 0.3) is 0 Å². The molecule has 0 spiro atoms. The summed E-state index contributed by atoms with van der Waals surface area (Å²) in [6, 6.07) is 3.85. The Bertz CT molecular complexity index is 864. The van der Waals surface area contributed by atoms with Crippen molar-refractivity contribution in [2.45, 2.75) is 45.6 Å². The van der Waals surface area contributed by atoms with Crippen molar-refractivity contribution in [2.24, 2.45) is 13.0 Å². The van der Waals surface area contributed by atoms with Crippen LogP contribution < -0.4 is 10.6 Å². The number of rotatable bonds is 5. The summed E-state index contributed by atoms with van der Waals surface area (Å²) in [6.45, 7) is 7.25. The van der Waals surface area contributed by atoms with Crippen molar-refractivity contribution in [3.8, 4) is 0 Å². The number of piperidine rings is 1. The van der Waals surface area contributed by atoms with Gasteiger partial charge in [0.2, 0.25) is 5.91 Å². The molecule has 3 unspecified atom stereocenters. The standard InChI is InChI=1S/C21H28F2N4O/c1-12(9-17-13(2)26-27(4)14(17)3)21(28)25-20-11-24-8-7-16(20)15-5-6-18(22)19(23)10-15/h5-6,10,12,16,20,24H,7-9,11H2,1-4H3,(H,25,28). The van der Waals surface area contributed by atoms with Crippen LogP contribution >= 0.6 is 0 Å². The smallest absolute Gasteiger partial charge is 0.223 e. The fraction of sp³-hybridized carbons (Fsp3) is 0.524. The zero-order valence-electron chi connectivity index (χ0n) is 16.9. The highest BCUT2D eigenvalue weighted by molar-refractivity contribution is 5.79. The van der Waals surface area contributed by atoms with Gasteiger partial charge in [-0.2, -0.15) is 5.10 Å². The van der Waals surface area contributed by atoms with Crippen LogP contribution in [0.1, 0.15) is 41.8 Å². The molecule has 2 N–H and O–H groups in total. The normalized spacial score (nSPS) is 20.8. The van der Waals surface area contributed by atoms with E-state index >= 15 is 0 Å². The number of hydrogen-bond donors (Lipinski definition) is 2.